The average Bonchev–Trinajstić information content (AvgIpc) is 2.43. The molecule has 1 aromatic carbocycles. The predicted octanol–water partition coefficient (Wildman–Crippen LogP) is 3.14. The van der Waals surface area contributed by atoms with Gasteiger partial charge in [0.05, 0.1) is 11.0 Å². The van der Waals surface area contributed by atoms with Crippen molar-refractivity contribution in [3.05, 3.63) is 28.3 Å². The lowest BCUT2D eigenvalue weighted by Crippen LogP contribution is -2.28. The van der Waals surface area contributed by atoms with Gasteiger partial charge in [0.25, 0.3) is 0 Å². The van der Waals surface area contributed by atoms with Gasteiger partial charge in [0.1, 0.15) is 0 Å². The number of nitrogens with zero attached hydrogens (tertiary/aromatic N) is 2. The maximum Gasteiger partial charge on any atom is 0.311 e. The second kappa shape index (κ2) is 8.46. The van der Waals surface area contributed by atoms with Crippen LogP contribution in [-0.2, 0) is 0 Å². The minimum absolute atomic E-state index is 0.00186. The van der Waals surface area contributed by atoms with Gasteiger partial charge >= 0.3 is 5.69 Å². The fraction of sp³-hybridized carbons (Fsp3) is 0.600. The van der Waals surface area contributed by atoms with Crippen molar-refractivity contribution in [1.82, 2.24) is 4.90 Å². The molecule has 0 fully saturated rings. The fourth-order valence-electron chi connectivity index (χ4n) is 2.02. The lowest BCUT2D eigenvalue weighted by Gasteiger charge is -2.18. The standard InChI is InChI=1S/C15H25N3O3/c1-5-17(6-2)10-9-16-13-7-8-14(18(19)20)15(11-13)21-12(3)4/h7-8,11-12,16H,5-6,9-10H2,1-4H3. The molecule has 6 nitrogen and oxygen atoms in total. The van der Waals surface area contributed by atoms with Crippen LogP contribution < -0.4 is 10.1 Å². The number of hydrogen-bond donors (Lipinski definition) is 1. The van der Waals surface area contributed by atoms with Gasteiger partial charge in [-0.3, -0.25) is 10.1 Å². The molecule has 1 rings (SSSR count). The molecule has 1 aromatic rings. The number of rotatable bonds is 9. The molecule has 0 aliphatic rings. The Balaban J connectivity index is 2.73. The summed E-state index contributed by atoms with van der Waals surface area (Å²) < 4.78 is 5.52. The quantitative estimate of drug-likeness (QED) is 0.560. The van der Waals surface area contributed by atoms with E-state index < -0.39 is 4.92 Å². The first-order chi connectivity index (χ1) is 9.97. The van der Waals surface area contributed by atoms with Crippen molar-refractivity contribution in [2.75, 3.05) is 31.5 Å². The van der Waals surface area contributed by atoms with E-state index in [-0.39, 0.29) is 11.8 Å². The van der Waals surface area contributed by atoms with Gasteiger partial charge in [-0.15, -0.1) is 0 Å². The summed E-state index contributed by atoms with van der Waals surface area (Å²) in [4.78, 5) is 12.9. The first-order valence-electron chi connectivity index (χ1n) is 7.39. The molecule has 0 radical (unpaired) electrons. The zero-order valence-corrected chi connectivity index (χ0v) is 13.3. The summed E-state index contributed by atoms with van der Waals surface area (Å²) in [5.41, 5.74) is 0.835. The van der Waals surface area contributed by atoms with Gasteiger partial charge in [-0.05, 0) is 33.0 Å². The summed E-state index contributed by atoms with van der Waals surface area (Å²) in [6.07, 6.45) is -0.102. The summed E-state index contributed by atoms with van der Waals surface area (Å²) in [7, 11) is 0. The summed E-state index contributed by atoms with van der Waals surface area (Å²) in [5, 5.41) is 14.3. The van der Waals surface area contributed by atoms with Crippen molar-refractivity contribution < 1.29 is 9.66 Å². The number of hydrogen-bond acceptors (Lipinski definition) is 5. The molecule has 6 heteroatoms. The van der Waals surface area contributed by atoms with E-state index in [1.54, 1.807) is 12.1 Å². The molecule has 0 amide bonds. The molecule has 0 bridgehead atoms. The van der Waals surface area contributed by atoms with E-state index in [9.17, 15) is 10.1 Å². The summed E-state index contributed by atoms with van der Waals surface area (Å²) in [6, 6.07) is 4.89. The highest BCUT2D eigenvalue weighted by Crippen LogP contribution is 2.30. The van der Waals surface area contributed by atoms with Crippen molar-refractivity contribution in [2.24, 2.45) is 0 Å². The molecule has 0 spiro atoms. The molecule has 1 N–H and O–H groups in total. The van der Waals surface area contributed by atoms with Crippen LogP contribution in [0.15, 0.2) is 18.2 Å². The summed E-state index contributed by atoms with van der Waals surface area (Å²) >= 11 is 0. The van der Waals surface area contributed by atoms with Gasteiger partial charge < -0.3 is 15.0 Å². The minimum atomic E-state index is -0.419. The van der Waals surface area contributed by atoms with Gasteiger partial charge in [0, 0.05) is 30.9 Å². The highest BCUT2D eigenvalue weighted by atomic mass is 16.6. The van der Waals surface area contributed by atoms with E-state index in [0.29, 0.717) is 5.75 Å². The van der Waals surface area contributed by atoms with Crippen molar-refractivity contribution in [1.29, 1.82) is 0 Å². The highest BCUT2D eigenvalue weighted by Gasteiger charge is 2.16. The smallest absolute Gasteiger partial charge is 0.311 e. The topological polar surface area (TPSA) is 67.6 Å². The second-order valence-electron chi connectivity index (χ2n) is 5.06. The summed E-state index contributed by atoms with van der Waals surface area (Å²) in [5.74, 6) is 0.308. The Labute approximate surface area is 126 Å². The maximum absolute atomic E-state index is 11.0. The Morgan fingerprint density at radius 1 is 1.33 bits per heavy atom. The molecule has 0 aliphatic carbocycles. The van der Waals surface area contributed by atoms with Gasteiger partial charge in [-0.2, -0.15) is 0 Å². The Bertz CT molecular complexity index is 459. The van der Waals surface area contributed by atoms with Crippen LogP contribution in [0, 0.1) is 10.1 Å². The highest BCUT2D eigenvalue weighted by molar-refractivity contribution is 5.58. The molecule has 0 heterocycles. The molecule has 0 unspecified atom stereocenters. The number of anilines is 1. The van der Waals surface area contributed by atoms with E-state index in [2.05, 4.69) is 24.1 Å². The largest absolute Gasteiger partial charge is 0.484 e. The van der Waals surface area contributed by atoms with Crippen LogP contribution in [-0.4, -0.2) is 42.1 Å². The van der Waals surface area contributed by atoms with E-state index in [0.717, 1.165) is 31.9 Å². The van der Waals surface area contributed by atoms with Gasteiger partial charge in [0.2, 0.25) is 0 Å². The fourth-order valence-corrected chi connectivity index (χ4v) is 2.02. The molecule has 0 atom stereocenters. The zero-order valence-electron chi connectivity index (χ0n) is 13.3. The molecule has 0 aromatic heterocycles. The van der Waals surface area contributed by atoms with Gasteiger partial charge in [0.15, 0.2) is 5.75 Å². The van der Waals surface area contributed by atoms with Crippen LogP contribution in [0.25, 0.3) is 0 Å². The zero-order chi connectivity index (χ0) is 15.8. The second-order valence-corrected chi connectivity index (χ2v) is 5.06. The predicted molar refractivity (Wildman–Crippen MR) is 85.1 cm³/mol. The van der Waals surface area contributed by atoms with Crippen molar-refractivity contribution in [3.8, 4) is 5.75 Å². The number of likely N-dealkylation sites (N-methyl/N-ethyl adjacent to an activating group) is 1. The van der Waals surface area contributed by atoms with Crippen molar-refractivity contribution in [2.45, 2.75) is 33.8 Å². The molecule has 0 saturated carbocycles. The van der Waals surface area contributed by atoms with Crippen LogP contribution in [0.2, 0.25) is 0 Å². The first-order valence-corrected chi connectivity index (χ1v) is 7.39. The Morgan fingerprint density at radius 3 is 2.52 bits per heavy atom. The van der Waals surface area contributed by atoms with Crippen LogP contribution >= 0.6 is 0 Å². The molecule has 21 heavy (non-hydrogen) atoms. The Morgan fingerprint density at radius 2 is 2.00 bits per heavy atom. The third-order valence-corrected chi connectivity index (χ3v) is 3.17. The third kappa shape index (κ3) is 5.59. The normalized spacial score (nSPS) is 11.0. The molecular formula is C15H25N3O3. The lowest BCUT2D eigenvalue weighted by atomic mass is 10.2. The third-order valence-electron chi connectivity index (χ3n) is 3.17. The SMILES string of the molecule is CCN(CC)CCNc1ccc([N+](=O)[O-])c(OC(C)C)c1. The van der Waals surface area contributed by atoms with Gasteiger partial charge in [-0.1, -0.05) is 13.8 Å². The van der Waals surface area contributed by atoms with Crippen LogP contribution in [0.5, 0.6) is 5.75 Å². The molecule has 118 valence electrons. The Hall–Kier alpha value is -1.82. The van der Waals surface area contributed by atoms with Crippen molar-refractivity contribution >= 4 is 11.4 Å². The van der Waals surface area contributed by atoms with Crippen LogP contribution in [0.3, 0.4) is 0 Å². The Kier molecular flexibility index (Phi) is 6.94. The molecule has 0 saturated heterocycles. The lowest BCUT2D eigenvalue weighted by molar-refractivity contribution is -0.386. The van der Waals surface area contributed by atoms with E-state index in [4.69, 9.17) is 4.74 Å². The summed E-state index contributed by atoms with van der Waals surface area (Å²) in [6.45, 7) is 11.7. The maximum atomic E-state index is 11.0. The van der Waals surface area contributed by atoms with Crippen LogP contribution in [0.1, 0.15) is 27.7 Å². The van der Waals surface area contributed by atoms with E-state index in [1.165, 1.54) is 6.07 Å². The van der Waals surface area contributed by atoms with E-state index in [1.807, 2.05) is 13.8 Å². The number of nitro benzene ring substituents is 1. The number of nitro groups is 1. The molecule has 0 aliphatic heterocycles. The van der Waals surface area contributed by atoms with E-state index >= 15 is 0 Å². The minimum Gasteiger partial charge on any atom is -0.484 e. The first kappa shape index (κ1) is 17.2. The van der Waals surface area contributed by atoms with Gasteiger partial charge in [-0.25, -0.2) is 0 Å². The monoisotopic (exact) mass is 295 g/mol. The molecular weight excluding hydrogens is 270 g/mol. The van der Waals surface area contributed by atoms with Crippen molar-refractivity contribution in [3.63, 3.8) is 0 Å². The number of benzene rings is 1. The average molecular weight is 295 g/mol. The van der Waals surface area contributed by atoms with Crippen LogP contribution in [0.4, 0.5) is 11.4 Å². The number of ether oxygens (including phenoxy) is 1. The number of nitrogens with one attached hydrogen (secondary N) is 1.